The van der Waals surface area contributed by atoms with E-state index in [4.69, 9.17) is 11.0 Å². The van der Waals surface area contributed by atoms with Gasteiger partial charge in [-0.05, 0) is 52.3 Å². The van der Waals surface area contributed by atoms with Gasteiger partial charge in [-0.3, -0.25) is 4.79 Å². The minimum Gasteiger partial charge on any atom is -0.506 e. The predicted octanol–water partition coefficient (Wildman–Crippen LogP) is 2.86. The Labute approximate surface area is 123 Å². The number of hydrogen-bond donors (Lipinski definition) is 3. The van der Waals surface area contributed by atoms with Gasteiger partial charge in [0.15, 0.2) is 0 Å². The molecule has 0 aliphatic heterocycles. The summed E-state index contributed by atoms with van der Waals surface area (Å²) in [5.41, 5.74) is 6.99. The molecule has 0 saturated heterocycles. The Morgan fingerprint density at radius 2 is 2.05 bits per heavy atom. The fraction of sp³-hybridized carbons (Fsp3) is 0. The van der Waals surface area contributed by atoms with Crippen molar-refractivity contribution in [3.05, 3.63) is 52.0 Å². The monoisotopic (exact) mass is 331 g/mol. The maximum Gasteiger partial charge on any atom is 0.255 e. The van der Waals surface area contributed by atoms with E-state index in [1.165, 1.54) is 18.2 Å². The number of benzene rings is 2. The molecule has 1 amide bonds. The first-order chi connectivity index (χ1) is 9.51. The Balaban J connectivity index is 2.23. The number of rotatable bonds is 2. The van der Waals surface area contributed by atoms with Crippen molar-refractivity contribution in [1.82, 2.24) is 0 Å². The molecule has 0 atom stereocenters. The third-order valence-corrected chi connectivity index (χ3v) is 3.30. The highest BCUT2D eigenvalue weighted by Crippen LogP contribution is 2.25. The summed E-state index contributed by atoms with van der Waals surface area (Å²) < 4.78 is 0.601. The van der Waals surface area contributed by atoms with Gasteiger partial charge >= 0.3 is 0 Å². The Morgan fingerprint density at radius 3 is 2.65 bits per heavy atom. The van der Waals surface area contributed by atoms with E-state index in [2.05, 4.69) is 21.2 Å². The SMILES string of the molecule is N#Cc1ccc(NC(=O)c2ccc(N)c(O)c2)c(Br)c1. The second-order valence-corrected chi connectivity index (χ2v) is 4.89. The molecule has 5 nitrogen and oxygen atoms in total. The van der Waals surface area contributed by atoms with Gasteiger partial charge in [0.05, 0.1) is 23.0 Å². The van der Waals surface area contributed by atoms with Gasteiger partial charge < -0.3 is 16.2 Å². The maximum atomic E-state index is 12.0. The van der Waals surface area contributed by atoms with Crippen LogP contribution in [0.1, 0.15) is 15.9 Å². The van der Waals surface area contributed by atoms with Crippen molar-refractivity contribution in [2.24, 2.45) is 0 Å². The van der Waals surface area contributed by atoms with Crippen LogP contribution >= 0.6 is 15.9 Å². The number of nitrogens with two attached hydrogens (primary N) is 1. The molecule has 0 heterocycles. The lowest BCUT2D eigenvalue weighted by atomic mass is 10.1. The average Bonchev–Trinajstić information content (AvgIpc) is 2.43. The van der Waals surface area contributed by atoms with Gasteiger partial charge in [-0.15, -0.1) is 0 Å². The summed E-state index contributed by atoms with van der Waals surface area (Å²) in [4.78, 5) is 12.0. The molecule has 4 N–H and O–H groups in total. The number of carbonyl (C=O) groups is 1. The first kappa shape index (κ1) is 13.9. The number of nitriles is 1. The minimum atomic E-state index is -0.384. The van der Waals surface area contributed by atoms with Crippen LogP contribution in [-0.4, -0.2) is 11.0 Å². The molecule has 0 saturated carbocycles. The minimum absolute atomic E-state index is 0.142. The van der Waals surface area contributed by atoms with Crippen molar-refractivity contribution in [3.8, 4) is 11.8 Å². The first-order valence-corrected chi connectivity index (χ1v) is 6.40. The van der Waals surface area contributed by atoms with Crippen molar-refractivity contribution in [3.63, 3.8) is 0 Å². The van der Waals surface area contributed by atoms with E-state index in [0.717, 1.165) is 0 Å². The van der Waals surface area contributed by atoms with Crippen LogP contribution in [-0.2, 0) is 0 Å². The van der Waals surface area contributed by atoms with E-state index in [1.54, 1.807) is 18.2 Å². The Morgan fingerprint density at radius 1 is 1.30 bits per heavy atom. The number of carbonyl (C=O) groups excluding carboxylic acids is 1. The summed E-state index contributed by atoms with van der Waals surface area (Å²) in [5.74, 6) is -0.526. The fourth-order valence-corrected chi connectivity index (χ4v) is 2.04. The van der Waals surface area contributed by atoms with E-state index in [0.29, 0.717) is 15.7 Å². The number of phenols is 1. The first-order valence-electron chi connectivity index (χ1n) is 5.61. The van der Waals surface area contributed by atoms with Crippen molar-refractivity contribution in [1.29, 1.82) is 5.26 Å². The molecule has 0 spiro atoms. The third-order valence-electron chi connectivity index (χ3n) is 2.64. The van der Waals surface area contributed by atoms with Crippen molar-refractivity contribution >= 4 is 33.2 Å². The van der Waals surface area contributed by atoms with Gasteiger partial charge in [0.25, 0.3) is 5.91 Å². The van der Waals surface area contributed by atoms with Crippen LogP contribution in [0.15, 0.2) is 40.9 Å². The molecule has 0 aromatic heterocycles. The molecule has 0 fully saturated rings. The van der Waals surface area contributed by atoms with E-state index >= 15 is 0 Å². The summed E-state index contributed by atoms with van der Waals surface area (Å²) in [7, 11) is 0. The summed E-state index contributed by atoms with van der Waals surface area (Å²) in [6, 6.07) is 11.1. The largest absolute Gasteiger partial charge is 0.506 e. The van der Waals surface area contributed by atoms with E-state index in [-0.39, 0.29) is 22.9 Å². The van der Waals surface area contributed by atoms with Crippen LogP contribution < -0.4 is 11.1 Å². The summed E-state index contributed by atoms with van der Waals surface area (Å²) in [5, 5.41) is 20.9. The van der Waals surface area contributed by atoms with Crippen molar-refractivity contribution in [2.45, 2.75) is 0 Å². The van der Waals surface area contributed by atoms with Crippen LogP contribution in [0.3, 0.4) is 0 Å². The summed E-state index contributed by atoms with van der Waals surface area (Å²) in [6.07, 6.45) is 0. The Bertz CT molecular complexity index is 723. The van der Waals surface area contributed by atoms with Gasteiger partial charge in [-0.25, -0.2) is 0 Å². The van der Waals surface area contributed by atoms with Crippen LogP contribution in [0.25, 0.3) is 0 Å². The molecule has 0 bridgehead atoms. The highest BCUT2D eigenvalue weighted by Gasteiger charge is 2.10. The number of aromatic hydroxyl groups is 1. The molecule has 0 aliphatic carbocycles. The van der Waals surface area contributed by atoms with Gasteiger partial charge in [-0.2, -0.15) is 5.26 Å². The van der Waals surface area contributed by atoms with Crippen LogP contribution in [0, 0.1) is 11.3 Å². The summed E-state index contributed by atoms with van der Waals surface area (Å²) >= 11 is 3.28. The van der Waals surface area contributed by atoms with Crippen molar-refractivity contribution in [2.75, 3.05) is 11.1 Å². The molecule has 2 rings (SSSR count). The van der Waals surface area contributed by atoms with Crippen LogP contribution in [0.4, 0.5) is 11.4 Å². The molecule has 0 unspecified atom stereocenters. The van der Waals surface area contributed by atoms with Gasteiger partial charge in [0, 0.05) is 10.0 Å². The number of hydrogen-bond acceptors (Lipinski definition) is 4. The van der Waals surface area contributed by atoms with Gasteiger partial charge in [0.1, 0.15) is 5.75 Å². The Kier molecular flexibility index (Phi) is 3.91. The van der Waals surface area contributed by atoms with E-state index in [9.17, 15) is 9.90 Å². The average molecular weight is 332 g/mol. The molecule has 20 heavy (non-hydrogen) atoms. The lowest BCUT2D eigenvalue weighted by molar-refractivity contribution is 0.102. The standard InChI is InChI=1S/C14H10BrN3O2/c15-10-5-8(7-16)1-4-12(10)18-14(20)9-2-3-11(17)13(19)6-9/h1-6,19H,17H2,(H,18,20). The maximum absolute atomic E-state index is 12.0. The Hall–Kier alpha value is -2.52. The molecular weight excluding hydrogens is 322 g/mol. The van der Waals surface area contributed by atoms with Crippen LogP contribution in [0.2, 0.25) is 0 Å². The molecule has 2 aromatic carbocycles. The smallest absolute Gasteiger partial charge is 0.255 e. The number of amides is 1. The zero-order valence-electron chi connectivity index (χ0n) is 10.2. The van der Waals surface area contributed by atoms with Crippen LogP contribution in [0.5, 0.6) is 5.75 Å². The fourth-order valence-electron chi connectivity index (χ4n) is 1.57. The molecule has 2 aromatic rings. The lowest BCUT2D eigenvalue weighted by Gasteiger charge is -2.08. The molecular formula is C14H10BrN3O2. The van der Waals surface area contributed by atoms with E-state index < -0.39 is 0 Å². The summed E-state index contributed by atoms with van der Waals surface area (Å²) in [6.45, 7) is 0. The number of nitrogens with one attached hydrogen (secondary N) is 1. The molecule has 100 valence electrons. The normalized spacial score (nSPS) is 9.80. The second kappa shape index (κ2) is 5.63. The predicted molar refractivity (Wildman–Crippen MR) is 79.3 cm³/mol. The second-order valence-electron chi connectivity index (χ2n) is 4.03. The number of nitrogen functional groups attached to an aromatic ring is 1. The molecule has 0 radical (unpaired) electrons. The third kappa shape index (κ3) is 2.90. The zero-order valence-corrected chi connectivity index (χ0v) is 11.8. The number of nitrogens with zero attached hydrogens (tertiary/aromatic N) is 1. The molecule has 6 heteroatoms. The number of halogens is 1. The number of phenolic OH excluding ortho intramolecular Hbond substituents is 1. The van der Waals surface area contributed by atoms with Crippen molar-refractivity contribution < 1.29 is 9.90 Å². The van der Waals surface area contributed by atoms with Gasteiger partial charge in [-0.1, -0.05) is 0 Å². The highest BCUT2D eigenvalue weighted by atomic mass is 79.9. The van der Waals surface area contributed by atoms with E-state index in [1.807, 2.05) is 6.07 Å². The highest BCUT2D eigenvalue weighted by molar-refractivity contribution is 9.10. The zero-order chi connectivity index (χ0) is 14.7. The van der Waals surface area contributed by atoms with Gasteiger partial charge in [0.2, 0.25) is 0 Å². The lowest BCUT2D eigenvalue weighted by Crippen LogP contribution is -2.12. The quantitative estimate of drug-likeness (QED) is 0.582. The molecule has 0 aliphatic rings. The topological polar surface area (TPSA) is 99.1 Å². The number of anilines is 2.